The van der Waals surface area contributed by atoms with Gasteiger partial charge in [0, 0.05) is 12.1 Å². The fourth-order valence-electron chi connectivity index (χ4n) is 4.37. The highest BCUT2D eigenvalue weighted by Crippen LogP contribution is 2.54. The van der Waals surface area contributed by atoms with Gasteiger partial charge in [-0.25, -0.2) is 0 Å². The topological polar surface area (TPSA) is 68.2 Å². The van der Waals surface area contributed by atoms with Crippen molar-refractivity contribution in [3.05, 3.63) is 34.9 Å². The van der Waals surface area contributed by atoms with Gasteiger partial charge in [0.1, 0.15) is 6.10 Å². The molecule has 0 spiro atoms. The molecule has 5 rings (SSSR count). The number of carbonyl (C=O) groups is 2. The molecule has 0 aromatic heterocycles. The van der Waals surface area contributed by atoms with E-state index in [0.717, 1.165) is 11.3 Å². The maximum atomic E-state index is 12.4. The molecule has 6 atom stereocenters. The van der Waals surface area contributed by atoms with Gasteiger partial charge in [-0.3, -0.25) is 14.5 Å². The molecule has 4 aliphatic rings. The number of likely N-dealkylation sites (tertiary alicyclic amines) is 1. The van der Waals surface area contributed by atoms with Crippen molar-refractivity contribution in [2.75, 3.05) is 7.05 Å². The first-order chi connectivity index (χ1) is 11.1. The van der Waals surface area contributed by atoms with E-state index in [2.05, 4.69) is 5.16 Å². The average molecular weight is 333 g/mol. The quantitative estimate of drug-likeness (QED) is 0.721. The molecule has 118 valence electrons. The number of oxime groups is 1. The maximum absolute atomic E-state index is 12.4. The summed E-state index contributed by atoms with van der Waals surface area (Å²) in [6, 6.07) is 7.34. The standard InChI is InChI=1S/C16H13ClN2O4/c1-19-15(20)8-9(16(19)21)13-14-10(12(8)22-13)11(18-23-14)6-2-4-7(17)5-3-6/h2-5,8-10,12-14H,1H3/t8-,9-,10-,12+,13+,14+/m0/s1. The summed E-state index contributed by atoms with van der Waals surface area (Å²) >= 11 is 5.93. The van der Waals surface area contributed by atoms with Crippen LogP contribution < -0.4 is 0 Å². The first-order valence-electron chi connectivity index (χ1n) is 7.54. The number of hydrogen-bond donors (Lipinski definition) is 0. The molecule has 0 N–H and O–H groups in total. The molecule has 7 heteroatoms. The number of rotatable bonds is 1. The maximum Gasteiger partial charge on any atom is 0.235 e. The zero-order chi connectivity index (χ0) is 15.9. The van der Waals surface area contributed by atoms with E-state index in [-0.39, 0.29) is 29.9 Å². The Morgan fingerprint density at radius 1 is 1.00 bits per heavy atom. The minimum absolute atomic E-state index is 0.120. The summed E-state index contributed by atoms with van der Waals surface area (Å²) in [5.74, 6) is -1.30. The van der Waals surface area contributed by atoms with E-state index in [0.29, 0.717) is 5.02 Å². The second-order valence-corrected chi connectivity index (χ2v) is 6.87. The summed E-state index contributed by atoms with van der Waals surface area (Å²) in [6.45, 7) is 0. The summed E-state index contributed by atoms with van der Waals surface area (Å²) in [5, 5.41) is 4.86. The van der Waals surface area contributed by atoms with Crippen LogP contribution in [0.25, 0.3) is 0 Å². The van der Waals surface area contributed by atoms with E-state index in [9.17, 15) is 9.59 Å². The molecule has 3 saturated heterocycles. The fourth-order valence-corrected chi connectivity index (χ4v) is 4.49. The molecule has 2 bridgehead atoms. The van der Waals surface area contributed by atoms with Crippen molar-refractivity contribution in [1.29, 1.82) is 0 Å². The zero-order valence-corrected chi connectivity index (χ0v) is 12.9. The third-order valence-electron chi connectivity index (χ3n) is 5.40. The van der Waals surface area contributed by atoms with Crippen molar-refractivity contribution >= 4 is 29.1 Å². The van der Waals surface area contributed by atoms with E-state index >= 15 is 0 Å². The van der Waals surface area contributed by atoms with Crippen molar-refractivity contribution in [3.8, 4) is 0 Å². The van der Waals surface area contributed by atoms with Gasteiger partial charge in [0.15, 0.2) is 6.10 Å². The molecule has 4 aliphatic heterocycles. The minimum atomic E-state index is -0.432. The monoisotopic (exact) mass is 332 g/mol. The molecule has 3 fully saturated rings. The normalized spacial score (nSPS) is 40.3. The SMILES string of the molecule is CN1C(=O)[C@@H]2[C@H]3O[C@@H]([C@@H]4C(c5ccc(Cl)cc5)=NO[C@@H]34)[C@H]2C1=O. The molecule has 4 heterocycles. The summed E-state index contributed by atoms with van der Waals surface area (Å²) in [5.41, 5.74) is 1.67. The van der Waals surface area contributed by atoms with Crippen LogP contribution >= 0.6 is 11.6 Å². The molecule has 2 amide bonds. The van der Waals surface area contributed by atoms with Gasteiger partial charge in [0.25, 0.3) is 0 Å². The predicted molar refractivity (Wildman–Crippen MR) is 79.8 cm³/mol. The second kappa shape index (κ2) is 4.33. The number of imide groups is 1. The van der Waals surface area contributed by atoms with Crippen molar-refractivity contribution in [2.24, 2.45) is 22.9 Å². The number of ether oxygens (including phenoxy) is 1. The largest absolute Gasteiger partial charge is 0.389 e. The number of halogens is 1. The van der Waals surface area contributed by atoms with Gasteiger partial charge in [0.05, 0.1) is 29.6 Å². The third kappa shape index (κ3) is 1.55. The molecule has 6 nitrogen and oxygen atoms in total. The van der Waals surface area contributed by atoms with Crippen LogP contribution in [0.1, 0.15) is 5.56 Å². The fraction of sp³-hybridized carbons (Fsp3) is 0.438. The van der Waals surface area contributed by atoms with Gasteiger partial charge in [-0.1, -0.05) is 28.9 Å². The van der Waals surface area contributed by atoms with Gasteiger partial charge in [-0.05, 0) is 17.7 Å². The average Bonchev–Trinajstić information content (AvgIpc) is 3.26. The summed E-state index contributed by atoms with van der Waals surface area (Å²) < 4.78 is 5.97. The Morgan fingerprint density at radius 3 is 2.35 bits per heavy atom. The van der Waals surface area contributed by atoms with Crippen LogP contribution in [0.4, 0.5) is 0 Å². The molecule has 1 aromatic carbocycles. The second-order valence-electron chi connectivity index (χ2n) is 6.43. The highest BCUT2D eigenvalue weighted by molar-refractivity contribution is 6.30. The summed E-state index contributed by atoms with van der Waals surface area (Å²) in [7, 11) is 1.53. The van der Waals surface area contributed by atoms with E-state index in [1.165, 1.54) is 11.9 Å². The van der Waals surface area contributed by atoms with Gasteiger partial charge >= 0.3 is 0 Å². The molecule has 0 saturated carbocycles. The Morgan fingerprint density at radius 2 is 1.65 bits per heavy atom. The minimum Gasteiger partial charge on any atom is -0.389 e. The number of benzene rings is 1. The lowest BCUT2D eigenvalue weighted by atomic mass is 9.71. The Bertz CT molecular complexity index is 762. The van der Waals surface area contributed by atoms with E-state index in [1.807, 2.05) is 12.1 Å². The highest BCUT2D eigenvalue weighted by atomic mass is 35.5. The Kier molecular flexibility index (Phi) is 2.54. The van der Waals surface area contributed by atoms with Crippen LogP contribution in [0.15, 0.2) is 29.4 Å². The van der Waals surface area contributed by atoms with Crippen molar-refractivity contribution in [1.82, 2.24) is 4.90 Å². The molecule has 23 heavy (non-hydrogen) atoms. The lowest BCUT2D eigenvalue weighted by Gasteiger charge is -2.26. The third-order valence-corrected chi connectivity index (χ3v) is 5.65. The van der Waals surface area contributed by atoms with Crippen LogP contribution in [0, 0.1) is 17.8 Å². The number of amides is 2. The van der Waals surface area contributed by atoms with Crippen LogP contribution in [-0.4, -0.2) is 47.8 Å². The van der Waals surface area contributed by atoms with E-state index < -0.39 is 17.9 Å². The summed E-state index contributed by atoms with van der Waals surface area (Å²) in [6.07, 6.45) is -1.05. The van der Waals surface area contributed by atoms with Gasteiger partial charge in [-0.15, -0.1) is 0 Å². The lowest BCUT2D eigenvalue weighted by Crippen LogP contribution is -2.45. The molecule has 0 unspecified atom stereocenters. The number of carbonyl (C=O) groups excluding carboxylic acids is 2. The van der Waals surface area contributed by atoms with Crippen LogP contribution in [-0.2, 0) is 19.2 Å². The first kappa shape index (κ1) is 13.5. The van der Waals surface area contributed by atoms with Crippen LogP contribution in [0.3, 0.4) is 0 Å². The predicted octanol–water partition coefficient (Wildman–Crippen LogP) is 1.07. The number of fused-ring (bicyclic) bond motifs is 8. The number of hydrogen-bond acceptors (Lipinski definition) is 5. The Labute approximate surface area is 137 Å². The first-order valence-corrected chi connectivity index (χ1v) is 7.92. The number of nitrogens with zero attached hydrogens (tertiary/aromatic N) is 2. The lowest BCUT2D eigenvalue weighted by molar-refractivity contribution is -0.141. The molecule has 0 aliphatic carbocycles. The van der Waals surface area contributed by atoms with Gasteiger partial charge in [0.2, 0.25) is 11.8 Å². The molecular formula is C16H13ClN2O4. The van der Waals surface area contributed by atoms with E-state index in [4.69, 9.17) is 21.2 Å². The van der Waals surface area contributed by atoms with Crippen LogP contribution in [0.2, 0.25) is 5.02 Å². The molecule has 1 aromatic rings. The van der Waals surface area contributed by atoms with Crippen molar-refractivity contribution in [2.45, 2.75) is 18.3 Å². The van der Waals surface area contributed by atoms with Crippen LogP contribution in [0.5, 0.6) is 0 Å². The van der Waals surface area contributed by atoms with Gasteiger partial charge in [-0.2, -0.15) is 0 Å². The smallest absolute Gasteiger partial charge is 0.235 e. The van der Waals surface area contributed by atoms with Crippen molar-refractivity contribution < 1.29 is 19.2 Å². The molecular weight excluding hydrogens is 320 g/mol. The highest BCUT2D eigenvalue weighted by Gasteiger charge is 2.71. The van der Waals surface area contributed by atoms with Gasteiger partial charge < -0.3 is 9.57 Å². The Hall–Kier alpha value is -1.92. The zero-order valence-electron chi connectivity index (χ0n) is 12.2. The Balaban J connectivity index is 1.53. The van der Waals surface area contributed by atoms with E-state index in [1.54, 1.807) is 12.1 Å². The summed E-state index contributed by atoms with van der Waals surface area (Å²) in [4.78, 5) is 31.5. The van der Waals surface area contributed by atoms with Crippen molar-refractivity contribution in [3.63, 3.8) is 0 Å². The molecule has 0 radical (unpaired) electrons.